The van der Waals surface area contributed by atoms with Crippen LogP contribution in [0.5, 0.6) is 0 Å². The maximum atomic E-state index is 12.9. The van der Waals surface area contributed by atoms with E-state index in [4.69, 9.17) is 4.74 Å². The maximum Gasteiger partial charge on any atom is 0.410 e. The number of hydrogen-bond donors (Lipinski definition) is 1. The van der Waals surface area contributed by atoms with E-state index < -0.39 is 24.0 Å². The molecular formula is C20H17N5O4. The van der Waals surface area contributed by atoms with Crippen molar-refractivity contribution in [1.29, 1.82) is 0 Å². The lowest BCUT2D eigenvalue weighted by atomic mass is 10.1. The summed E-state index contributed by atoms with van der Waals surface area (Å²) < 4.78 is 5.45. The summed E-state index contributed by atoms with van der Waals surface area (Å²) in [5, 5.41) is 7.09. The topological polar surface area (TPSA) is 108 Å². The van der Waals surface area contributed by atoms with E-state index in [1.807, 2.05) is 37.3 Å². The van der Waals surface area contributed by atoms with Crippen LogP contribution < -0.4 is 0 Å². The van der Waals surface area contributed by atoms with Crippen molar-refractivity contribution in [1.82, 2.24) is 25.0 Å². The van der Waals surface area contributed by atoms with Gasteiger partial charge >= 0.3 is 6.09 Å². The molecule has 2 atom stereocenters. The number of amides is 3. The molecule has 2 aliphatic heterocycles. The molecule has 0 unspecified atom stereocenters. The Morgan fingerprint density at radius 2 is 1.97 bits per heavy atom. The number of H-pyrrole nitrogens is 1. The lowest BCUT2D eigenvalue weighted by Gasteiger charge is -2.22. The third-order valence-electron chi connectivity index (χ3n) is 5.45. The molecule has 9 nitrogen and oxygen atoms in total. The second kappa shape index (κ2) is 6.40. The largest absolute Gasteiger partial charge is 0.442 e. The molecule has 1 aromatic carbocycles. The number of nitrogens with one attached hydrogen (secondary N) is 1. The Labute approximate surface area is 165 Å². The molecular weight excluding hydrogens is 374 g/mol. The van der Waals surface area contributed by atoms with Crippen molar-refractivity contribution in [2.75, 3.05) is 13.1 Å². The van der Waals surface area contributed by atoms with Gasteiger partial charge in [-0.25, -0.2) is 9.78 Å². The summed E-state index contributed by atoms with van der Waals surface area (Å²) in [5.41, 5.74) is 1.96. The number of rotatable bonds is 4. The van der Waals surface area contributed by atoms with Gasteiger partial charge in [0.05, 0.1) is 41.8 Å². The van der Waals surface area contributed by atoms with Gasteiger partial charge in [0.1, 0.15) is 6.10 Å². The average molecular weight is 391 g/mol. The van der Waals surface area contributed by atoms with Gasteiger partial charge in [-0.3, -0.25) is 24.5 Å². The monoisotopic (exact) mass is 391 g/mol. The SMILES string of the molecule is C[C@H](c1ccccc1)N1C[C@@H](CN2C(=O)c3cnc4[nH]ncc4c3C2=O)OC1=O. The molecule has 1 N–H and O–H groups in total. The molecule has 3 aromatic rings. The fourth-order valence-corrected chi connectivity index (χ4v) is 3.90. The minimum Gasteiger partial charge on any atom is -0.442 e. The van der Waals surface area contributed by atoms with E-state index in [0.717, 1.165) is 10.5 Å². The number of carbonyl (C=O) groups excluding carboxylic acids is 3. The van der Waals surface area contributed by atoms with E-state index in [0.29, 0.717) is 17.6 Å². The molecule has 2 aromatic heterocycles. The van der Waals surface area contributed by atoms with Gasteiger partial charge in [0.15, 0.2) is 5.65 Å². The average Bonchev–Trinajstić information content (AvgIpc) is 3.41. The summed E-state index contributed by atoms with van der Waals surface area (Å²) in [6.07, 6.45) is 1.81. The highest BCUT2D eigenvalue weighted by atomic mass is 16.6. The fraction of sp³-hybridized carbons (Fsp3) is 0.250. The van der Waals surface area contributed by atoms with Gasteiger partial charge in [0.2, 0.25) is 0 Å². The van der Waals surface area contributed by atoms with Gasteiger partial charge in [0.25, 0.3) is 11.8 Å². The number of hydrogen-bond acceptors (Lipinski definition) is 6. The molecule has 2 aliphatic rings. The van der Waals surface area contributed by atoms with E-state index >= 15 is 0 Å². The summed E-state index contributed by atoms with van der Waals surface area (Å²) in [7, 11) is 0. The van der Waals surface area contributed by atoms with E-state index in [2.05, 4.69) is 15.2 Å². The summed E-state index contributed by atoms with van der Waals surface area (Å²) >= 11 is 0. The van der Waals surface area contributed by atoms with Gasteiger partial charge in [-0.15, -0.1) is 0 Å². The third-order valence-corrected chi connectivity index (χ3v) is 5.45. The van der Waals surface area contributed by atoms with Gasteiger partial charge in [-0.1, -0.05) is 30.3 Å². The van der Waals surface area contributed by atoms with Crippen molar-refractivity contribution in [3.8, 4) is 0 Å². The maximum absolute atomic E-state index is 12.9. The predicted molar refractivity (Wildman–Crippen MR) is 101 cm³/mol. The number of fused-ring (bicyclic) bond motifs is 3. The van der Waals surface area contributed by atoms with Crippen LogP contribution in [-0.2, 0) is 4.74 Å². The Balaban J connectivity index is 1.35. The van der Waals surface area contributed by atoms with Crippen LogP contribution in [0, 0.1) is 0 Å². The van der Waals surface area contributed by atoms with Crippen LogP contribution in [0.3, 0.4) is 0 Å². The number of nitrogens with zero attached hydrogens (tertiary/aromatic N) is 4. The van der Waals surface area contributed by atoms with E-state index in [9.17, 15) is 14.4 Å². The summed E-state index contributed by atoms with van der Waals surface area (Å²) in [5.74, 6) is -0.865. The van der Waals surface area contributed by atoms with E-state index in [1.165, 1.54) is 12.4 Å². The van der Waals surface area contributed by atoms with Crippen molar-refractivity contribution in [3.63, 3.8) is 0 Å². The summed E-state index contributed by atoms with van der Waals surface area (Å²) in [6.45, 7) is 2.21. The molecule has 0 spiro atoms. The molecule has 0 saturated carbocycles. The van der Waals surface area contributed by atoms with Crippen LogP contribution in [0.1, 0.15) is 39.2 Å². The Hall–Kier alpha value is -3.75. The summed E-state index contributed by atoms with van der Waals surface area (Å²) in [4.78, 5) is 44.9. The molecule has 29 heavy (non-hydrogen) atoms. The molecule has 3 amide bonds. The van der Waals surface area contributed by atoms with Crippen LogP contribution in [0.2, 0.25) is 0 Å². The van der Waals surface area contributed by atoms with E-state index in [-0.39, 0.29) is 23.7 Å². The number of imide groups is 1. The van der Waals surface area contributed by atoms with Gasteiger partial charge < -0.3 is 4.74 Å². The predicted octanol–water partition coefficient (Wildman–Crippen LogP) is 2.14. The second-order valence-electron chi connectivity index (χ2n) is 7.14. The van der Waals surface area contributed by atoms with Crippen LogP contribution >= 0.6 is 0 Å². The van der Waals surface area contributed by atoms with Crippen LogP contribution in [0.25, 0.3) is 11.0 Å². The summed E-state index contributed by atoms with van der Waals surface area (Å²) in [6, 6.07) is 9.44. The van der Waals surface area contributed by atoms with Crippen molar-refractivity contribution in [3.05, 3.63) is 59.4 Å². The first-order chi connectivity index (χ1) is 14.0. The Morgan fingerprint density at radius 3 is 2.76 bits per heavy atom. The number of cyclic esters (lactones) is 1. The van der Waals surface area contributed by atoms with Gasteiger partial charge in [-0.05, 0) is 12.5 Å². The standard InChI is InChI=1S/C20H17N5O4/c1-11(12-5-3-2-4-6-12)24-9-13(29-20(24)28)10-25-18(26)15-7-21-17-14(8-22-23-17)16(15)19(25)27/h2-8,11,13H,9-10H2,1H3,(H,21,22,23)/t11-,13+/m1/s1. The Bertz CT molecular complexity index is 1140. The van der Waals surface area contributed by atoms with Crippen LogP contribution in [0.4, 0.5) is 4.79 Å². The van der Waals surface area contributed by atoms with Crippen molar-refractivity contribution in [2.45, 2.75) is 19.1 Å². The third kappa shape index (κ3) is 2.65. The number of carbonyl (C=O) groups is 3. The minimum atomic E-state index is -0.594. The molecule has 1 saturated heterocycles. The first kappa shape index (κ1) is 17.4. The number of aromatic nitrogens is 3. The Kier molecular flexibility index (Phi) is 3.83. The normalized spacial score (nSPS) is 19.8. The zero-order chi connectivity index (χ0) is 20.1. The Morgan fingerprint density at radius 1 is 1.17 bits per heavy atom. The molecule has 0 radical (unpaired) electrons. The number of pyridine rings is 1. The van der Waals surface area contributed by atoms with E-state index in [1.54, 1.807) is 4.90 Å². The molecule has 146 valence electrons. The first-order valence-corrected chi connectivity index (χ1v) is 9.25. The smallest absolute Gasteiger partial charge is 0.410 e. The second-order valence-corrected chi connectivity index (χ2v) is 7.14. The lowest BCUT2D eigenvalue weighted by Crippen LogP contribution is -2.38. The zero-order valence-electron chi connectivity index (χ0n) is 15.5. The van der Waals surface area contributed by atoms with Gasteiger partial charge in [-0.2, -0.15) is 5.10 Å². The highest BCUT2D eigenvalue weighted by molar-refractivity contribution is 6.25. The van der Waals surface area contributed by atoms with Gasteiger partial charge in [0, 0.05) is 6.20 Å². The lowest BCUT2D eigenvalue weighted by molar-refractivity contribution is 0.0558. The first-order valence-electron chi connectivity index (χ1n) is 9.25. The molecule has 0 bridgehead atoms. The highest BCUT2D eigenvalue weighted by Crippen LogP contribution is 2.30. The quantitative estimate of drug-likeness (QED) is 0.683. The van der Waals surface area contributed by atoms with Crippen LogP contribution in [0.15, 0.2) is 42.7 Å². The van der Waals surface area contributed by atoms with Crippen molar-refractivity contribution < 1.29 is 19.1 Å². The highest BCUT2D eigenvalue weighted by Gasteiger charge is 2.42. The van der Waals surface area contributed by atoms with Crippen molar-refractivity contribution >= 4 is 28.9 Å². The molecule has 9 heteroatoms. The minimum absolute atomic E-state index is 0.00452. The van der Waals surface area contributed by atoms with Crippen LogP contribution in [-0.4, -0.2) is 62.1 Å². The fourth-order valence-electron chi connectivity index (χ4n) is 3.90. The number of aromatic amines is 1. The van der Waals surface area contributed by atoms with Crippen molar-refractivity contribution in [2.24, 2.45) is 0 Å². The molecule has 5 rings (SSSR count). The molecule has 0 aliphatic carbocycles. The molecule has 4 heterocycles. The molecule has 1 fully saturated rings. The number of ether oxygens (including phenoxy) is 1. The zero-order valence-corrected chi connectivity index (χ0v) is 15.5. The number of benzene rings is 1.